The summed E-state index contributed by atoms with van der Waals surface area (Å²) >= 11 is 0. The fraction of sp³-hybridized carbons (Fsp3) is 0.267. The van der Waals surface area contributed by atoms with Crippen LogP contribution in [0.1, 0.15) is 12.8 Å². The highest BCUT2D eigenvalue weighted by Gasteiger charge is 2.29. The zero-order valence-electron chi connectivity index (χ0n) is 11.7. The molecule has 108 valence electrons. The van der Waals surface area contributed by atoms with Crippen LogP contribution in [0.25, 0.3) is 22.6 Å². The second-order valence-corrected chi connectivity index (χ2v) is 5.37. The van der Waals surface area contributed by atoms with Crippen LogP contribution >= 0.6 is 0 Å². The van der Waals surface area contributed by atoms with E-state index < -0.39 is 0 Å². The number of anilines is 1. The summed E-state index contributed by atoms with van der Waals surface area (Å²) in [4.78, 5) is 20.4. The van der Waals surface area contributed by atoms with E-state index in [1.807, 2.05) is 18.3 Å². The minimum absolute atomic E-state index is 0.167. The van der Waals surface area contributed by atoms with Crippen LogP contribution in [0.15, 0.2) is 30.9 Å². The highest BCUT2D eigenvalue weighted by molar-refractivity contribution is 5.88. The van der Waals surface area contributed by atoms with Gasteiger partial charge >= 0.3 is 0 Å². The number of nitrogens with one attached hydrogen (secondary N) is 2. The molecule has 0 radical (unpaired) electrons. The van der Waals surface area contributed by atoms with Gasteiger partial charge in [0.05, 0.1) is 12.0 Å². The van der Waals surface area contributed by atoms with Gasteiger partial charge in [-0.05, 0) is 25.0 Å². The Morgan fingerprint density at radius 2 is 2.14 bits per heavy atom. The monoisotopic (exact) mass is 291 g/mol. The van der Waals surface area contributed by atoms with Gasteiger partial charge in [-0.15, -0.1) is 0 Å². The summed E-state index contributed by atoms with van der Waals surface area (Å²) in [6, 6.07) is 6.33. The van der Waals surface area contributed by atoms with Gasteiger partial charge in [-0.1, -0.05) is 0 Å². The quantitative estimate of drug-likeness (QED) is 0.766. The number of nitriles is 1. The zero-order valence-corrected chi connectivity index (χ0v) is 11.7. The Morgan fingerprint density at radius 1 is 1.23 bits per heavy atom. The lowest BCUT2D eigenvalue weighted by Gasteiger charge is -2.31. The van der Waals surface area contributed by atoms with Crippen molar-refractivity contribution in [2.75, 3.05) is 5.32 Å². The maximum absolute atomic E-state index is 8.82. The van der Waals surface area contributed by atoms with E-state index in [-0.39, 0.29) is 5.92 Å². The normalized spacial score (nSPS) is 20.3. The molecule has 7 nitrogen and oxygen atoms in total. The maximum Gasteiger partial charge on any atom is 0.180 e. The number of hydrogen-bond acceptors (Lipinski definition) is 6. The summed E-state index contributed by atoms with van der Waals surface area (Å²) < 4.78 is 0. The molecule has 0 unspecified atom stereocenters. The lowest BCUT2D eigenvalue weighted by atomic mass is 9.81. The molecule has 1 saturated carbocycles. The van der Waals surface area contributed by atoms with Gasteiger partial charge in [0.15, 0.2) is 5.82 Å². The molecule has 0 bridgehead atoms. The van der Waals surface area contributed by atoms with Gasteiger partial charge in [0.1, 0.15) is 23.5 Å². The van der Waals surface area contributed by atoms with Gasteiger partial charge in [-0.3, -0.25) is 0 Å². The molecule has 3 heterocycles. The number of hydrogen-bond donors (Lipinski definition) is 2. The molecule has 1 aliphatic carbocycles. The smallest absolute Gasteiger partial charge is 0.180 e. The number of fused-ring (bicyclic) bond motifs is 1. The second-order valence-electron chi connectivity index (χ2n) is 5.37. The number of aromatic nitrogens is 5. The van der Waals surface area contributed by atoms with Crippen molar-refractivity contribution in [1.82, 2.24) is 24.9 Å². The van der Waals surface area contributed by atoms with E-state index in [0.29, 0.717) is 17.6 Å². The SMILES string of the molecule is N#CC1CC(Nc2ccnc(-c3ncnc4[nH]ccc34)n2)C1. The molecule has 22 heavy (non-hydrogen) atoms. The minimum atomic E-state index is 0.167. The Labute approximate surface area is 126 Å². The Morgan fingerprint density at radius 3 is 3.00 bits per heavy atom. The predicted octanol–water partition coefficient (Wildman–Crippen LogP) is 2.13. The summed E-state index contributed by atoms with van der Waals surface area (Å²) in [6.07, 6.45) is 6.77. The van der Waals surface area contributed by atoms with Crippen LogP contribution in [0.4, 0.5) is 5.82 Å². The first-order valence-electron chi connectivity index (χ1n) is 7.11. The minimum Gasteiger partial charge on any atom is -0.367 e. The molecule has 0 atom stereocenters. The third-order valence-electron chi connectivity index (χ3n) is 3.89. The van der Waals surface area contributed by atoms with Crippen molar-refractivity contribution < 1.29 is 0 Å². The van der Waals surface area contributed by atoms with Crippen molar-refractivity contribution >= 4 is 16.9 Å². The standard InChI is InChI=1S/C15H13N7/c16-7-9-5-10(6-9)21-12-2-4-18-15(22-12)13-11-1-3-17-14(11)20-8-19-13/h1-4,8-10H,5-6H2,(H,17,19,20)(H,18,21,22). The molecule has 3 aromatic rings. The molecule has 0 aliphatic heterocycles. The predicted molar refractivity (Wildman–Crippen MR) is 80.7 cm³/mol. The highest BCUT2D eigenvalue weighted by Crippen LogP contribution is 2.29. The third-order valence-corrected chi connectivity index (χ3v) is 3.89. The first-order valence-corrected chi connectivity index (χ1v) is 7.11. The molecule has 7 heteroatoms. The van der Waals surface area contributed by atoms with Crippen LogP contribution in [-0.2, 0) is 0 Å². The van der Waals surface area contributed by atoms with Gasteiger partial charge in [-0.2, -0.15) is 5.26 Å². The third kappa shape index (κ3) is 2.15. The van der Waals surface area contributed by atoms with Crippen LogP contribution in [-0.4, -0.2) is 31.0 Å². The summed E-state index contributed by atoms with van der Waals surface area (Å²) in [5.74, 6) is 1.49. The molecule has 1 fully saturated rings. The van der Waals surface area contributed by atoms with Gasteiger partial charge in [0.2, 0.25) is 0 Å². The molecule has 2 N–H and O–H groups in total. The number of rotatable bonds is 3. The molecule has 0 aromatic carbocycles. The van der Waals surface area contributed by atoms with Gasteiger partial charge in [-0.25, -0.2) is 19.9 Å². The van der Waals surface area contributed by atoms with Gasteiger partial charge < -0.3 is 10.3 Å². The average Bonchev–Trinajstić information content (AvgIpc) is 2.99. The van der Waals surface area contributed by atoms with Crippen LogP contribution in [0.2, 0.25) is 0 Å². The number of H-pyrrole nitrogens is 1. The molecule has 0 saturated heterocycles. The second kappa shape index (κ2) is 5.07. The van der Waals surface area contributed by atoms with Gasteiger partial charge in [0, 0.05) is 23.8 Å². The lowest BCUT2D eigenvalue weighted by Crippen LogP contribution is -2.34. The number of nitrogens with zero attached hydrogens (tertiary/aromatic N) is 5. The average molecular weight is 291 g/mol. The van der Waals surface area contributed by atoms with E-state index in [1.165, 1.54) is 6.33 Å². The first kappa shape index (κ1) is 12.7. The topological polar surface area (TPSA) is 103 Å². The van der Waals surface area contributed by atoms with E-state index in [4.69, 9.17) is 5.26 Å². The summed E-state index contributed by atoms with van der Waals surface area (Å²) in [6.45, 7) is 0. The van der Waals surface area contributed by atoms with E-state index in [9.17, 15) is 0 Å². The van der Waals surface area contributed by atoms with Crippen LogP contribution < -0.4 is 5.32 Å². The largest absolute Gasteiger partial charge is 0.367 e. The van der Waals surface area contributed by atoms with Crippen molar-refractivity contribution in [3.8, 4) is 17.6 Å². The van der Waals surface area contributed by atoms with Gasteiger partial charge in [0.25, 0.3) is 0 Å². The van der Waals surface area contributed by atoms with Crippen molar-refractivity contribution in [2.45, 2.75) is 18.9 Å². The molecule has 3 aromatic heterocycles. The lowest BCUT2D eigenvalue weighted by molar-refractivity contribution is 0.353. The molecule has 0 spiro atoms. The van der Waals surface area contributed by atoms with Crippen LogP contribution in [0.3, 0.4) is 0 Å². The van der Waals surface area contributed by atoms with Crippen molar-refractivity contribution in [3.63, 3.8) is 0 Å². The highest BCUT2D eigenvalue weighted by atomic mass is 15.1. The van der Waals surface area contributed by atoms with Crippen LogP contribution in [0, 0.1) is 17.2 Å². The van der Waals surface area contributed by atoms with E-state index >= 15 is 0 Å². The molecular formula is C15H13N7. The summed E-state index contributed by atoms with van der Waals surface area (Å²) in [5, 5.41) is 13.1. The Balaban J connectivity index is 1.62. The van der Waals surface area contributed by atoms with Crippen molar-refractivity contribution in [3.05, 3.63) is 30.9 Å². The first-order chi connectivity index (χ1) is 10.8. The molecular weight excluding hydrogens is 278 g/mol. The van der Waals surface area contributed by atoms with E-state index in [1.54, 1.807) is 6.20 Å². The molecule has 0 amide bonds. The Bertz CT molecular complexity index is 857. The summed E-state index contributed by atoms with van der Waals surface area (Å²) in [5.41, 5.74) is 1.47. The van der Waals surface area contributed by atoms with E-state index in [2.05, 4.69) is 36.3 Å². The fourth-order valence-corrected chi connectivity index (χ4v) is 2.65. The Hall–Kier alpha value is -3.01. The molecule has 4 rings (SSSR count). The van der Waals surface area contributed by atoms with E-state index in [0.717, 1.165) is 29.7 Å². The fourth-order valence-electron chi connectivity index (χ4n) is 2.65. The van der Waals surface area contributed by atoms with Crippen molar-refractivity contribution in [2.24, 2.45) is 5.92 Å². The Kier molecular flexibility index (Phi) is 2.93. The van der Waals surface area contributed by atoms with Crippen LogP contribution in [0.5, 0.6) is 0 Å². The zero-order chi connectivity index (χ0) is 14.9. The maximum atomic E-state index is 8.82. The summed E-state index contributed by atoms with van der Waals surface area (Å²) in [7, 11) is 0. The molecule has 1 aliphatic rings. The van der Waals surface area contributed by atoms with Crippen molar-refractivity contribution in [1.29, 1.82) is 5.26 Å². The number of aromatic amines is 1.